The van der Waals surface area contributed by atoms with E-state index in [0.717, 1.165) is 11.3 Å². The first-order valence-corrected chi connectivity index (χ1v) is 9.34. The molecule has 9 heteroatoms. The molecule has 0 spiro atoms. The van der Waals surface area contributed by atoms with E-state index in [0.29, 0.717) is 42.9 Å². The molecule has 7 nitrogen and oxygen atoms in total. The summed E-state index contributed by atoms with van der Waals surface area (Å²) in [4.78, 5) is 26.1. The second-order valence-electron chi connectivity index (χ2n) is 6.84. The number of halogens is 2. The highest BCUT2D eigenvalue weighted by Gasteiger charge is 2.26. The zero-order valence-corrected chi connectivity index (χ0v) is 16.0. The normalized spacial score (nSPS) is 14.8. The van der Waals surface area contributed by atoms with Gasteiger partial charge in [0.1, 0.15) is 11.2 Å². The van der Waals surface area contributed by atoms with E-state index in [1.807, 2.05) is 17.0 Å². The van der Waals surface area contributed by atoms with Crippen LogP contribution in [0.5, 0.6) is 0 Å². The molecule has 0 saturated heterocycles. The van der Waals surface area contributed by atoms with Crippen molar-refractivity contribution >= 4 is 17.3 Å². The summed E-state index contributed by atoms with van der Waals surface area (Å²) in [6, 6.07) is 7.30. The SMILES string of the molecule is CC(F)c1ccccc1Cn1[nH]c(=O)c2c1CCN(c1cn[nH]c(=O)c1Cl)C2. The maximum atomic E-state index is 13.9. The molecular formula is C19H19ClFN5O2. The molecule has 0 fully saturated rings. The van der Waals surface area contributed by atoms with E-state index in [-0.39, 0.29) is 10.6 Å². The molecule has 28 heavy (non-hydrogen) atoms. The largest absolute Gasteiger partial charge is 0.364 e. The van der Waals surface area contributed by atoms with Gasteiger partial charge >= 0.3 is 0 Å². The molecule has 2 N–H and O–H groups in total. The highest BCUT2D eigenvalue weighted by atomic mass is 35.5. The van der Waals surface area contributed by atoms with Crippen LogP contribution in [0.2, 0.25) is 5.02 Å². The molecule has 4 rings (SSSR count). The van der Waals surface area contributed by atoms with Gasteiger partial charge in [-0.25, -0.2) is 9.49 Å². The number of fused-ring (bicyclic) bond motifs is 1. The highest BCUT2D eigenvalue weighted by molar-refractivity contribution is 6.32. The Hall–Kier alpha value is -2.87. The number of hydrogen-bond acceptors (Lipinski definition) is 4. The molecule has 1 aliphatic rings. The Balaban J connectivity index is 1.66. The Kier molecular flexibility index (Phi) is 4.80. The van der Waals surface area contributed by atoms with Crippen molar-refractivity contribution in [3.05, 3.63) is 78.6 Å². The third-order valence-electron chi connectivity index (χ3n) is 5.08. The number of benzene rings is 1. The minimum atomic E-state index is -1.09. The maximum absolute atomic E-state index is 13.9. The molecule has 3 aromatic rings. The summed E-state index contributed by atoms with van der Waals surface area (Å²) in [5, 5.41) is 9.00. The number of rotatable bonds is 4. The molecule has 0 amide bonds. The van der Waals surface area contributed by atoms with Crippen LogP contribution in [0, 0.1) is 0 Å². The molecule has 2 aromatic heterocycles. The third kappa shape index (κ3) is 3.24. The summed E-state index contributed by atoms with van der Waals surface area (Å²) in [5.74, 6) is 0. The van der Waals surface area contributed by atoms with Crippen molar-refractivity contribution in [1.29, 1.82) is 0 Å². The number of nitrogens with zero attached hydrogens (tertiary/aromatic N) is 3. The zero-order valence-electron chi connectivity index (χ0n) is 15.2. The van der Waals surface area contributed by atoms with Crippen molar-refractivity contribution in [3.63, 3.8) is 0 Å². The number of nitrogens with one attached hydrogen (secondary N) is 2. The lowest BCUT2D eigenvalue weighted by Gasteiger charge is -2.29. The summed E-state index contributed by atoms with van der Waals surface area (Å²) in [6.07, 6.45) is 0.985. The Labute approximate surface area is 164 Å². The van der Waals surface area contributed by atoms with Crippen molar-refractivity contribution in [2.24, 2.45) is 0 Å². The predicted octanol–water partition coefficient (Wildman–Crippen LogP) is 2.55. The summed E-state index contributed by atoms with van der Waals surface area (Å²) in [5.41, 5.74) is 2.79. The van der Waals surface area contributed by atoms with Gasteiger partial charge in [-0.15, -0.1) is 0 Å². The average Bonchev–Trinajstić information content (AvgIpc) is 2.99. The Bertz CT molecular complexity index is 1130. The van der Waals surface area contributed by atoms with E-state index >= 15 is 0 Å². The Morgan fingerprint density at radius 2 is 2.07 bits per heavy atom. The summed E-state index contributed by atoms with van der Waals surface area (Å²) in [7, 11) is 0. The van der Waals surface area contributed by atoms with Crippen LogP contribution < -0.4 is 16.0 Å². The van der Waals surface area contributed by atoms with E-state index in [9.17, 15) is 14.0 Å². The number of H-pyrrole nitrogens is 2. The average molecular weight is 404 g/mol. The van der Waals surface area contributed by atoms with E-state index in [2.05, 4.69) is 15.3 Å². The molecule has 3 heterocycles. The molecule has 1 atom stereocenters. The molecule has 0 saturated carbocycles. The van der Waals surface area contributed by atoms with Crippen molar-refractivity contribution in [1.82, 2.24) is 20.0 Å². The molecular weight excluding hydrogens is 385 g/mol. The first-order chi connectivity index (χ1) is 13.5. The van der Waals surface area contributed by atoms with Crippen LogP contribution >= 0.6 is 11.6 Å². The van der Waals surface area contributed by atoms with Crippen molar-refractivity contribution in [2.45, 2.75) is 32.6 Å². The first kappa shape index (κ1) is 18.5. The van der Waals surface area contributed by atoms with Crippen LogP contribution in [0.1, 0.15) is 35.5 Å². The predicted molar refractivity (Wildman–Crippen MR) is 105 cm³/mol. The second kappa shape index (κ2) is 7.27. The number of aromatic amines is 2. The summed E-state index contributed by atoms with van der Waals surface area (Å²) in [6.45, 7) is 2.80. The zero-order chi connectivity index (χ0) is 19.8. The monoisotopic (exact) mass is 403 g/mol. The minimum Gasteiger partial charge on any atom is -0.364 e. The molecule has 1 unspecified atom stereocenters. The van der Waals surface area contributed by atoms with E-state index < -0.39 is 11.7 Å². The summed E-state index contributed by atoms with van der Waals surface area (Å²) < 4.78 is 15.7. The van der Waals surface area contributed by atoms with E-state index in [4.69, 9.17) is 11.6 Å². The fraction of sp³-hybridized carbons (Fsp3) is 0.316. The van der Waals surface area contributed by atoms with Gasteiger partial charge in [0.15, 0.2) is 0 Å². The Morgan fingerprint density at radius 3 is 2.86 bits per heavy atom. The van der Waals surface area contributed by atoms with Crippen LogP contribution in [0.25, 0.3) is 0 Å². The van der Waals surface area contributed by atoms with Crippen LogP contribution in [0.4, 0.5) is 10.1 Å². The third-order valence-corrected chi connectivity index (χ3v) is 5.45. The molecule has 1 aliphatic heterocycles. The lowest BCUT2D eigenvalue weighted by molar-refractivity contribution is 0.371. The van der Waals surface area contributed by atoms with Crippen molar-refractivity contribution in [3.8, 4) is 0 Å². The smallest absolute Gasteiger partial charge is 0.285 e. The molecule has 0 bridgehead atoms. The topological polar surface area (TPSA) is 86.8 Å². The van der Waals surface area contributed by atoms with Gasteiger partial charge in [-0.2, -0.15) is 5.10 Å². The number of alkyl halides is 1. The highest BCUT2D eigenvalue weighted by Crippen LogP contribution is 2.27. The van der Waals surface area contributed by atoms with Gasteiger partial charge in [-0.3, -0.25) is 19.4 Å². The van der Waals surface area contributed by atoms with Gasteiger partial charge in [-0.05, 0) is 18.1 Å². The van der Waals surface area contributed by atoms with Crippen LogP contribution in [-0.2, 0) is 19.5 Å². The Morgan fingerprint density at radius 1 is 1.29 bits per heavy atom. The van der Waals surface area contributed by atoms with E-state index in [1.165, 1.54) is 13.1 Å². The standard InChI is InChI=1S/C19H19ClFN5O2/c1-11(21)13-5-3-2-4-12(13)9-26-15-6-7-25(10-14(15)18(27)24-26)16-8-22-23-19(28)17(16)20/h2-5,8,11H,6-7,9-10H2,1H3,(H,23,28)(H,24,27). The van der Waals surface area contributed by atoms with Gasteiger partial charge in [0, 0.05) is 18.7 Å². The second-order valence-corrected chi connectivity index (χ2v) is 7.22. The van der Waals surface area contributed by atoms with Gasteiger partial charge in [-0.1, -0.05) is 35.9 Å². The van der Waals surface area contributed by atoms with Crippen LogP contribution in [0.3, 0.4) is 0 Å². The van der Waals surface area contributed by atoms with E-state index in [1.54, 1.807) is 16.8 Å². The fourth-order valence-electron chi connectivity index (χ4n) is 3.68. The summed E-state index contributed by atoms with van der Waals surface area (Å²) >= 11 is 6.10. The van der Waals surface area contributed by atoms with Gasteiger partial charge in [0.2, 0.25) is 0 Å². The number of aromatic nitrogens is 4. The fourth-order valence-corrected chi connectivity index (χ4v) is 3.89. The molecule has 146 valence electrons. The molecule has 0 radical (unpaired) electrons. The quantitative estimate of drug-likeness (QED) is 0.701. The number of hydrogen-bond donors (Lipinski definition) is 2. The van der Waals surface area contributed by atoms with Crippen molar-refractivity contribution < 1.29 is 4.39 Å². The number of anilines is 1. The van der Waals surface area contributed by atoms with Crippen molar-refractivity contribution in [2.75, 3.05) is 11.4 Å². The maximum Gasteiger partial charge on any atom is 0.285 e. The first-order valence-electron chi connectivity index (χ1n) is 8.96. The lowest BCUT2D eigenvalue weighted by Crippen LogP contribution is -2.34. The van der Waals surface area contributed by atoms with Gasteiger partial charge in [0.05, 0.1) is 30.5 Å². The van der Waals surface area contributed by atoms with Gasteiger partial charge in [0.25, 0.3) is 11.1 Å². The molecule has 1 aromatic carbocycles. The minimum absolute atomic E-state index is 0.0557. The molecule has 0 aliphatic carbocycles. The van der Waals surface area contributed by atoms with Crippen LogP contribution in [0.15, 0.2) is 40.1 Å². The van der Waals surface area contributed by atoms with Crippen LogP contribution in [-0.4, -0.2) is 26.5 Å². The van der Waals surface area contributed by atoms with Gasteiger partial charge < -0.3 is 4.90 Å². The lowest BCUT2D eigenvalue weighted by atomic mass is 10.0.